The summed E-state index contributed by atoms with van der Waals surface area (Å²) in [4.78, 5) is 34.1. The number of amides is 1. The maximum absolute atomic E-state index is 12.5. The van der Waals surface area contributed by atoms with Crippen molar-refractivity contribution in [3.05, 3.63) is 67.3 Å². The highest BCUT2D eigenvalue weighted by atomic mass is 16.3. The normalized spacial score (nSPS) is 14.1. The fraction of sp³-hybridized carbons (Fsp3) is 0.190. The summed E-state index contributed by atoms with van der Waals surface area (Å²) in [6.07, 6.45) is 9.77. The summed E-state index contributed by atoms with van der Waals surface area (Å²) in [5.41, 5.74) is 2.07. The molecule has 0 spiro atoms. The maximum Gasteiger partial charge on any atom is 0.289 e. The van der Waals surface area contributed by atoms with Gasteiger partial charge in [-0.1, -0.05) is 0 Å². The number of furan rings is 2. The van der Waals surface area contributed by atoms with Crippen LogP contribution in [0.3, 0.4) is 0 Å². The summed E-state index contributed by atoms with van der Waals surface area (Å²) in [5.74, 6) is 1.47. The fourth-order valence-electron chi connectivity index (χ4n) is 3.42. The Morgan fingerprint density at radius 1 is 0.933 bits per heavy atom. The van der Waals surface area contributed by atoms with Gasteiger partial charge in [0.15, 0.2) is 11.5 Å². The van der Waals surface area contributed by atoms with Gasteiger partial charge in [-0.3, -0.25) is 14.8 Å². The Kier molecular flexibility index (Phi) is 4.68. The molecule has 1 amide bonds. The number of hydrogen-bond acceptors (Lipinski definition) is 8. The summed E-state index contributed by atoms with van der Waals surface area (Å²) in [5, 5.41) is 0. The number of piperazine rings is 1. The molecule has 4 aromatic rings. The Balaban J connectivity index is 1.39. The van der Waals surface area contributed by atoms with Crippen molar-refractivity contribution in [2.24, 2.45) is 0 Å². The van der Waals surface area contributed by atoms with Crippen LogP contribution >= 0.6 is 0 Å². The highest BCUT2D eigenvalue weighted by molar-refractivity contribution is 5.91. The molecule has 0 radical (unpaired) electrons. The van der Waals surface area contributed by atoms with E-state index in [0.29, 0.717) is 55.0 Å². The van der Waals surface area contributed by atoms with E-state index >= 15 is 0 Å². The third kappa shape index (κ3) is 3.41. The highest BCUT2D eigenvalue weighted by Gasteiger charge is 2.26. The van der Waals surface area contributed by atoms with Gasteiger partial charge in [-0.15, -0.1) is 0 Å². The average Bonchev–Trinajstić information content (AvgIpc) is 3.54. The largest absolute Gasteiger partial charge is 0.463 e. The van der Waals surface area contributed by atoms with Crippen LogP contribution in [0.15, 0.2) is 70.4 Å². The van der Waals surface area contributed by atoms with Crippen molar-refractivity contribution in [1.29, 1.82) is 0 Å². The molecule has 4 aromatic heterocycles. The van der Waals surface area contributed by atoms with Crippen LogP contribution in [-0.4, -0.2) is 56.9 Å². The van der Waals surface area contributed by atoms with Crippen molar-refractivity contribution in [3.8, 4) is 22.7 Å². The molecule has 5 rings (SSSR count). The predicted molar refractivity (Wildman–Crippen MR) is 108 cm³/mol. The Morgan fingerprint density at radius 3 is 2.47 bits per heavy atom. The summed E-state index contributed by atoms with van der Waals surface area (Å²) >= 11 is 0. The molecule has 150 valence electrons. The van der Waals surface area contributed by atoms with Gasteiger partial charge in [0, 0.05) is 50.3 Å². The molecule has 0 aliphatic carbocycles. The summed E-state index contributed by atoms with van der Waals surface area (Å²) < 4.78 is 10.8. The molecule has 0 atom stereocenters. The Morgan fingerprint density at radius 2 is 1.77 bits per heavy atom. The van der Waals surface area contributed by atoms with E-state index in [-0.39, 0.29) is 5.91 Å². The van der Waals surface area contributed by atoms with Crippen molar-refractivity contribution in [2.45, 2.75) is 0 Å². The van der Waals surface area contributed by atoms with E-state index in [1.165, 1.54) is 6.26 Å². The van der Waals surface area contributed by atoms with Gasteiger partial charge in [0.1, 0.15) is 5.69 Å². The summed E-state index contributed by atoms with van der Waals surface area (Å²) in [6.45, 7) is 2.36. The van der Waals surface area contributed by atoms with E-state index in [4.69, 9.17) is 13.8 Å². The van der Waals surface area contributed by atoms with Crippen molar-refractivity contribution >= 4 is 11.9 Å². The quantitative estimate of drug-likeness (QED) is 0.514. The van der Waals surface area contributed by atoms with Crippen LogP contribution < -0.4 is 4.90 Å². The number of carbonyl (C=O) groups excluding carboxylic acids is 1. The number of aromatic nitrogens is 4. The van der Waals surface area contributed by atoms with Gasteiger partial charge in [-0.25, -0.2) is 9.97 Å². The molecule has 5 heterocycles. The lowest BCUT2D eigenvalue weighted by atomic mass is 10.1. The molecule has 1 saturated heterocycles. The van der Waals surface area contributed by atoms with Crippen LogP contribution in [0, 0.1) is 0 Å². The lowest BCUT2D eigenvalue weighted by Crippen LogP contribution is -2.49. The third-order valence-electron chi connectivity index (χ3n) is 4.95. The second-order valence-electron chi connectivity index (χ2n) is 6.76. The first kappa shape index (κ1) is 18.0. The number of nitrogens with zero attached hydrogens (tertiary/aromatic N) is 6. The average molecular weight is 402 g/mol. The minimum absolute atomic E-state index is 0.102. The van der Waals surface area contributed by atoms with Gasteiger partial charge < -0.3 is 18.6 Å². The second kappa shape index (κ2) is 7.78. The van der Waals surface area contributed by atoms with Gasteiger partial charge >= 0.3 is 0 Å². The van der Waals surface area contributed by atoms with Crippen LogP contribution in [-0.2, 0) is 0 Å². The SMILES string of the molecule is O=C(c1ccco1)N1CCN(c2ncc(-c3cnccn3)c(-c3ccco3)n2)CC1. The summed E-state index contributed by atoms with van der Waals surface area (Å²) in [7, 11) is 0. The van der Waals surface area contributed by atoms with Crippen LogP contribution in [0.4, 0.5) is 5.95 Å². The molecule has 0 aromatic carbocycles. The van der Waals surface area contributed by atoms with Crippen LogP contribution in [0.5, 0.6) is 0 Å². The minimum Gasteiger partial charge on any atom is -0.463 e. The van der Waals surface area contributed by atoms with Gasteiger partial charge in [-0.2, -0.15) is 0 Å². The van der Waals surface area contributed by atoms with Crippen LogP contribution in [0.1, 0.15) is 10.6 Å². The molecular formula is C21H18N6O3. The molecule has 0 N–H and O–H groups in total. The van der Waals surface area contributed by atoms with Crippen molar-refractivity contribution in [1.82, 2.24) is 24.8 Å². The zero-order chi connectivity index (χ0) is 20.3. The Hall–Kier alpha value is -4.01. The van der Waals surface area contributed by atoms with E-state index in [1.54, 1.807) is 48.1 Å². The molecule has 30 heavy (non-hydrogen) atoms. The summed E-state index contributed by atoms with van der Waals surface area (Å²) in [6, 6.07) is 7.06. The Bertz CT molecular complexity index is 1120. The van der Waals surface area contributed by atoms with Gasteiger partial charge in [0.25, 0.3) is 5.91 Å². The van der Waals surface area contributed by atoms with E-state index < -0.39 is 0 Å². The smallest absolute Gasteiger partial charge is 0.289 e. The molecule has 1 fully saturated rings. The number of anilines is 1. The molecule has 9 nitrogen and oxygen atoms in total. The monoisotopic (exact) mass is 402 g/mol. The Labute approximate surface area is 172 Å². The number of hydrogen-bond donors (Lipinski definition) is 0. The molecule has 9 heteroatoms. The van der Waals surface area contributed by atoms with E-state index in [2.05, 4.69) is 19.9 Å². The fourth-order valence-corrected chi connectivity index (χ4v) is 3.42. The van der Waals surface area contributed by atoms with Gasteiger partial charge in [0.2, 0.25) is 5.95 Å². The molecular weight excluding hydrogens is 384 g/mol. The topological polar surface area (TPSA) is 101 Å². The highest BCUT2D eigenvalue weighted by Crippen LogP contribution is 2.30. The molecule has 1 aliphatic rings. The number of rotatable bonds is 4. The lowest BCUT2D eigenvalue weighted by Gasteiger charge is -2.34. The third-order valence-corrected chi connectivity index (χ3v) is 4.95. The minimum atomic E-state index is -0.102. The van der Waals surface area contributed by atoms with Gasteiger partial charge in [0.05, 0.1) is 24.4 Å². The zero-order valence-electron chi connectivity index (χ0n) is 16.0. The van der Waals surface area contributed by atoms with E-state index in [0.717, 1.165) is 5.56 Å². The first-order valence-corrected chi connectivity index (χ1v) is 9.54. The molecule has 1 aliphatic heterocycles. The first-order valence-electron chi connectivity index (χ1n) is 9.54. The number of carbonyl (C=O) groups is 1. The van der Waals surface area contributed by atoms with E-state index in [9.17, 15) is 4.79 Å². The van der Waals surface area contributed by atoms with Gasteiger partial charge in [-0.05, 0) is 24.3 Å². The van der Waals surface area contributed by atoms with Crippen molar-refractivity contribution in [2.75, 3.05) is 31.1 Å². The zero-order valence-corrected chi connectivity index (χ0v) is 16.0. The van der Waals surface area contributed by atoms with Crippen molar-refractivity contribution in [3.63, 3.8) is 0 Å². The predicted octanol–water partition coefficient (Wildman–Crippen LogP) is 2.75. The molecule has 0 saturated carbocycles. The van der Waals surface area contributed by atoms with E-state index in [1.807, 2.05) is 12.1 Å². The first-order chi connectivity index (χ1) is 14.8. The van der Waals surface area contributed by atoms with Crippen LogP contribution in [0.25, 0.3) is 22.7 Å². The lowest BCUT2D eigenvalue weighted by molar-refractivity contribution is 0.0714. The van der Waals surface area contributed by atoms with Crippen molar-refractivity contribution < 1.29 is 13.6 Å². The molecule has 0 unspecified atom stereocenters. The maximum atomic E-state index is 12.5. The standard InChI is InChI=1S/C21H18N6O3/c28-20(18-4-2-12-30-18)26-7-9-27(10-8-26)21-24-13-15(16-14-22-5-6-23-16)19(25-21)17-3-1-11-29-17/h1-6,11-14H,7-10H2. The second-order valence-corrected chi connectivity index (χ2v) is 6.76. The molecule has 0 bridgehead atoms. The van der Waals surface area contributed by atoms with Crippen LogP contribution in [0.2, 0.25) is 0 Å².